The standard InChI is InChI=1S/C35H35N5S/c1-4-25-40-32-21-19-28(13-11-23-36-38(2)30-15-7-5-8-16-30)26-34(32)41-35-27-29(20-22-33(35)40)14-12-24-37-39(3)31-17-9-6-10-18-31/h5-24,26-27H,4,25H2,1-3H3/b13-11+,14-12+,36-23+,37-24+. The monoisotopic (exact) mass is 557 g/mol. The van der Waals surface area contributed by atoms with Gasteiger partial charge in [-0.15, -0.1) is 0 Å². The van der Waals surface area contributed by atoms with Gasteiger partial charge in [-0.05, 0) is 78.2 Å². The van der Waals surface area contributed by atoms with E-state index in [1.54, 1.807) is 0 Å². The largest absolute Gasteiger partial charge is 0.340 e. The zero-order valence-corrected chi connectivity index (χ0v) is 24.6. The van der Waals surface area contributed by atoms with Gasteiger partial charge in [0, 0.05) is 42.9 Å². The van der Waals surface area contributed by atoms with Crippen LogP contribution in [0.1, 0.15) is 24.5 Å². The van der Waals surface area contributed by atoms with Crippen LogP contribution in [-0.4, -0.2) is 33.1 Å². The van der Waals surface area contributed by atoms with Crippen molar-refractivity contribution in [2.45, 2.75) is 23.1 Å². The van der Waals surface area contributed by atoms with Crippen molar-refractivity contribution < 1.29 is 0 Å². The number of para-hydroxylation sites is 2. The predicted molar refractivity (Wildman–Crippen MR) is 179 cm³/mol. The second-order valence-electron chi connectivity index (χ2n) is 9.67. The van der Waals surface area contributed by atoms with Crippen LogP contribution in [0.3, 0.4) is 0 Å². The lowest BCUT2D eigenvalue weighted by Gasteiger charge is -2.33. The Morgan fingerprint density at radius 2 is 1.12 bits per heavy atom. The fraction of sp³-hybridized carbons (Fsp3) is 0.143. The topological polar surface area (TPSA) is 34.4 Å². The van der Waals surface area contributed by atoms with Crippen LogP contribution in [0, 0.1) is 0 Å². The first-order chi connectivity index (χ1) is 20.1. The van der Waals surface area contributed by atoms with Crippen molar-refractivity contribution in [1.29, 1.82) is 0 Å². The maximum absolute atomic E-state index is 4.52. The van der Waals surface area contributed by atoms with Crippen molar-refractivity contribution in [2.75, 3.05) is 35.6 Å². The highest BCUT2D eigenvalue weighted by Gasteiger charge is 2.23. The summed E-state index contributed by atoms with van der Waals surface area (Å²) in [5.74, 6) is 0. The van der Waals surface area contributed by atoms with E-state index in [0.717, 1.165) is 35.5 Å². The average Bonchev–Trinajstić information content (AvgIpc) is 3.01. The lowest BCUT2D eigenvalue weighted by molar-refractivity contribution is 0.866. The van der Waals surface area contributed by atoms with Gasteiger partial charge in [-0.3, -0.25) is 10.0 Å². The molecule has 1 aliphatic rings. The lowest BCUT2D eigenvalue weighted by Crippen LogP contribution is -2.21. The maximum atomic E-state index is 4.52. The van der Waals surface area contributed by atoms with Crippen LogP contribution in [0.4, 0.5) is 22.7 Å². The predicted octanol–water partition coefficient (Wildman–Crippen LogP) is 8.97. The summed E-state index contributed by atoms with van der Waals surface area (Å²) in [6, 6.07) is 33.6. The number of hydrogen-bond donors (Lipinski definition) is 0. The molecular weight excluding hydrogens is 522 g/mol. The quantitative estimate of drug-likeness (QED) is 0.144. The molecule has 4 aromatic rings. The van der Waals surface area contributed by atoms with E-state index in [9.17, 15) is 0 Å². The molecule has 0 spiro atoms. The molecular formula is C35H35N5S. The lowest BCUT2D eigenvalue weighted by atomic mass is 10.1. The van der Waals surface area contributed by atoms with Crippen LogP contribution in [0.15, 0.2) is 129 Å². The molecule has 1 aliphatic heterocycles. The van der Waals surface area contributed by atoms with Gasteiger partial charge in [-0.2, -0.15) is 10.2 Å². The molecule has 0 radical (unpaired) electrons. The highest BCUT2D eigenvalue weighted by Crippen LogP contribution is 2.49. The molecule has 6 heteroatoms. The zero-order valence-electron chi connectivity index (χ0n) is 23.8. The van der Waals surface area contributed by atoms with E-state index in [1.807, 2.05) is 121 Å². The van der Waals surface area contributed by atoms with Gasteiger partial charge in [0.15, 0.2) is 0 Å². The first kappa shape index (κ1) is 28.0. The fourth-order valence-electron chi connectivity index (χ4n) is 4.60. The van der Waals surface area contributed by atoms with Gasteiger partial charge in [0.2, 0.25) is 0 Å². The summed E-state index contributed by atoms with van der Waals surface area (Å²) in [5, 5.41) is 12.8. The normalized spacial score (nSPS) is 12.9. The molecule has 5 nitrogen and oxygen atoms in total. The van der Waals surface area contributed by atoms with Crippen molar-refractivity contribution in [3.05, 3.63) is 120 Å². The fourth-order valence-corrected chi connectivity index (χ4v) is 5.79. The van der Waals surface area contributed by atoms with E-state index in [2.05, 4.69) is 70.6 Å². The summed E-state index contributed by atoms with van der Waals surface area (Å²) in [4.78, 5) is 4.96. The average molecular weight is 558 g/mol. The van der Waals surface area contributed by atoms with E-state index in [1.165, 1.54) is 21.2 Å². The summed E-state index contributed by atoms with van der Waals surface area (Å²) in [6.45, 7) is 3.20. The minimum atomic E-state index is 0.974. The molecule has 0 atom stereocenters. The molecule has 0 aromatic heterocycles. The molecule has 1 heterocycles. The molecule has 0 fully saturated rings. The van der Waals surface area contributed by atoms with E-state index >= 15 is 0 Å². The molecule has 0 amide bonds. The van der Waals surface area contributed by atoms with Crippen LogP contribution in [-0.2, 0) is 0 Å². The zero-order chi connectivity index (χ0) is 28.4. The van der Waals surface area contributed by atoms with Gasteiger partial charge < -0.3 is 4.90 Å². The van der Waals surface area contributed by atoms with Crippen LogP contribution in [0.2, 0.25) is 0 Å². The Morgan fingerprint density at radius 1 is 0.659 bits per heavy atom. The Morgan fingerprint density at radius 3 is 1.56 bits per heavy atom. The smallest absolute Gasteiger partial charge is 0.0590 e. The minimum Gasteiger partial charge on any atom is -0.340 e. The molecule has 41 heavy (non-hydrogen) atoms. The van der Waals surface area contributed by atoms with Crippen LogP contribution >= 0.6 is 11.8 Å². The molecule has 0 bridgehead atoms. The Bertz CT molecular complexity index is 1450. The summed E-state index contributed by atoms with van der Waals surface area (Å²) in [6.07, 6.45) is 12.9. The molecule has 206 valence electrons. The number of rotatable bonds is 10. The molecule has 4 aromatic carbocycles. The van der Waals surface area contributed by atoms with Gasteiger partial charge in [0.1, 0.15) is 0 Å². The Balaban J connectivity index is 1.30. The first-order valence-electron chi connectivity index (χ1n) is 13.8. The van der Waals surface area contributed by atoms with Crippen molar-refractivity contribution in [1.82, 2.24) is 0 Å². The SMILES string of the molecule is CCCN1c2ccc(/C=C/C=N/N(C)c3ccccc3)cc2Sc2cc(/C=C/C=N/N(C)c3ccccc3)ccc21. The third kappa shape index (κ3) is 7.16. The number of allylic oxidation sites excluding steroid dienone is 2. The van der Waals surface area contributed by atoms with E-state index in [-0.39, 0.29) is 0 Å². The van der Waals surface area contributed by atoms with Crippen molar-refractivity contribution >= 4 is 59.1 Å². The Hall–Kier alpha value is -4.55. The van der Waals surface area contributed by atoms with Gasteiger partial charge in [0.05, 0.1) is 22.7 Å². The summed E-state index contributed by atoms with van der Waals surface area (Å²) < 4.78 is 0. The first-order valence-corrected chi connectivity index (χ1v) is 14.7. The maximum Gasteiger partial charge on any atom is 0.0590 e. The third-order valence-electron chi connectivity index (χ3n) is 6.71. The van der Waals surface area contributed by atoms with Gasteiger partial charge in [0.25, 0.3) is 0 Å². The molecule has 0 unspecified atom stereocenters. The number of nitrogens with zero attached hydrogens (tertiary/aromatic N) is 5. The minimum absolute atomic E-state index is 0.974. The van der Waals surface area contributed by atoms with Crippen LogP contribution in [0.5, 0.6) is 0 Å². The summed E-state index contributed by atoms with van der Waals surface area (Å²) >= 11 is 1.83. The number of hydrogen-bond acceptors (Lipinski definition) is 6. The number of fused-ring (bicyclic) bond motifs is 2. The van der Waals surface area contributed by atoms with Gasteiger partial charge in [-0.1, -0.05) is 79.4 Å². The molecule has 0 aliphatic carbocycles. The highest BCUT2D eigenvalue weighted by atomic mass is 32.2. The Kier molecular flexibility index (Phi) is 9.34. The highest BCUT2D eigenvalue weighted by molar-refractivity contribution is 7.99. The number of benzene rings is 4. The third-order valence-corrected chi connectivity index (χ3v) is 7.80. The Labute approximate surface area is 247 Å². The summed E-state index contributed by atoms with van der Waals surface area (Å²) in [5.41, 5.74) is 6.94. The second-order valence-corrected chi connectivity index (χ2v) is 10.8. The van der Waals surface area contributed by atoms with Crippen molar-refractivity contribution in [2.24, 2.45) is 10.2 Å². The van der Waals surface area contributed by atoms with Gasteiger partial charge in [-0.25, -0.2) is 0 Å². The molecule has 5 rings (SSSR count). The number of anilines is 4. The van der Waals surface area contributed by atoms with Crippen molar-refractivity contribution in [3.63, 3.8) is 0 Å². The molecule has 0 saturated heterocycles. The molecule has 0 saturated carbocycles. The summed E-state index contributed by atoms with van der Waals surface area (Å²) in [7, 11) is 3.91. The van der Waals surface area contributed by atoms with E-state index in [4.69, 9.17) is 0 Å². The molecule has 0 N–H and O–H groups in total. The van der Waals surface area contributed by atoms with Gasteiger partial charge >= 0.3 is 0 Å². The van der Waals surface area contributed by atoms with E-state index in [0.29, 0.717) is 0 Å². The second kappa shape index (κ2) is 13.7. The van der Waals surface area contributed by atoms with Crippen molar-refractivity contribution in [3.8, 4) is 0 Å². The number of hydrazone groups is 2. The van der Waals surface area contributed by atoms with Crippen LogP contribution in [0.25, 0.3) is 12.2 Å². The van der Waals surface area contributed by atoms with E-state index < -0.39 is 0 Å². The van der Waals surface area contributed by atoms with Crippen LogP contribution < -0.4 is 14.9 Å².